The standard InChI is InChI=1S/C25H42Cl2O2/c26-25(27,17-11-7-8-12-18-28)16-10-6-4-2-1-3-5-9-13-19-29-24-21-22-14-15-23(24)20-22/h14,22-24H,1-13,15-17,19-21H2. The largest absolute Gasteiger partial charge is 0.378 e. The van der Waals surface area contributed by atoms with E-state index in [1.54, 1.807) is 0 Å². The third kappa shape index (κ3) is 11.4. The molecule has 0 amide bonds. The number of carbonyl (C=O) groups excluding carboxylic acids is 1. The molecule has 2 aliphatic rings. The van der Waals surface area contributed by atoms with Crippen LogP contribution in [0.25, 0.3) is 0 Å². The van der Waals surface area contributed by atoms with Gasteiger partial charge in [0.15, 0.2) is 6.29 Å². The van der Waals surface area contributed by atoms with Gasteiger partial charge in [0.2, 0.25) is 0 Å². The van der Waals surface area contributed by atoms with Gasteiger partial charge in [-0.3, -0.25) is 4.79 Å². The molecule has 2 nitrogen and oxygen atoms in total. The average molecular weight is 446 g/mol. The van der Waals surface area contributed by atoms with Crippen molar-refractivity contribution in [2.24, 2.45) is 11.8 Å². The summed E-state index contributed by atoms with van der Waals surface area (Å²) in [6, 6.07) is 0. The van der Waals surface area contributed by atoms with Gasteiger partial charge in [-0.2, -0.15) is 0 Å². The van der Waals surface area contributed by atoms with Crippen molar-refractivity contribution in [2.75, 3.05) is 6.61 Å². The Morgan fingerprint density at radius 1 is 0.828 bits per heavy atom. The van der Waals surface area contributed by atoms with E-state index in [1.807, 2.05) is 6.29 Å². The number of alkyl halides is 2. The normalized spacial score (nSPS) is 23.7. The van der Waals surface area contributed by atoms with Crippen LogP contribution in [0.5, 0.6) is 0 Å². The van der Waals surface area contributed by atoms with E-state index >= 15 is 0 Å². The van der Waals surface area contributed by atoms with Crippen LogP contribution < -0.4 is 0 Å². The van der Waals surface area contributed by atoms with Gasteiger partial charge in [0.1, 0.15) is 4.33 Å². The summed E-state index contributed by atoms with van der Waals surface area (Å²) in [5, 5.41) is 0. The van der Waals surface area contributed by atoms with E-state index in [-0.39, 0.29) is 0 Å². The third-order valence-corrected chi connectivity index (χ3v) is 7.53. The molecule has 2 radical (unpaired) electrons. The van der Waals surface area contributed by atoms with Crippen molar-refractivity contribution in [3.05, 3.63) is 6.42 Å². The molecule has 3 unspecified atom stereocenters. The lowest BCUT2D eigenvalue weighted by atomic mass is 9.98. The number of hydrogen-bond donors (Lipinski definition) is 0. The highest BCUT2D eigenvalue weighted by Crippen LogP contribution is 2.45. The van der Waals surface area contributed by atoms with Crippen LogP contribution in [0.4, 0.5) is 0 Å². The van der Waals surface area contributed by atoms with Crippen LogP contribution in [-0.4, -0.2) is 23.3 Å². The lowest BCUT2D eigenvalue weighted by Crippen LogP contribution is -2.21. The van der Waals surface area contributed by atoms with E-state index in [1.165, 1.54) is 70.6 Å². The summed E-state index contributed by atoms with van der Waals surface area (Å²) in [6.07, 6.45) is 25.8. The summed E-state index contributed by atoms with van der Waals surface area (Å²) < 4.78 is 5.54. The zero-order valence-electron chi connectivity index (χ0n) is 18.3. The first-order valence-corrected chi connectivity index (χ1v) is 13.0. The van der Waals surface area contributed by atoms with Crippen LogP contribution in [0, 0.1) is 18.3 Å². The number of halogens is 2. The summed E-state index contributed by atoms with van der Waals surface area (Å²) in [6.45, 7) is 0.974. The third-order valence-electron chi connectivity index (χ3n) is 6.78. The van der Waals surface area contributed by atoms with Gasteiger partial charge in [-0.25, -0.2) is 0 Å². The molecule has 0 spiro atoms. The van der Waals surface area contributed by atoms with E-state index in [0.29, 0.717) is 12.5 Å². The maximum absolute atomic E-state index is 10.2. The van der Waals surface area contributed by atoms with Gasteiger partial charge in [0, 0.05) is 13.0 Å². The monoisotopic (exact) mass is 444 g/mol. The van der Waals surface area contributed by atoms with Crippen molar-refractivity contribution in [3.63, 3.8) is 0 Å². The minimum atomic E-state index is -0.580. The van der Waals surface area contributed by atoms with E-state index in [4.69, 9.17) is 27.9 Å². The Morgan fingerprint density at radius 3 is 1.97 bits per heavy atom. The van der Waals surface area contributed by atoms with Gasteiger partial charge >= 0.3 is 0 Å². The Kier molecular flexibility index (Phi) is 13.2. The molecule has 168 valence electrons. The molecule has 4 heteroatoms. The van der Waals surface area contributed by atoms with Gasteiger partial charge in [0.25, 0.3) is 0 Å². The van der Waals surface area contributed by atoms with Gasteiger partial charge in [-0.05, 0) is 63.2 Å². The molecule has 0 heterocycles. The number of rotatable bonds is 19. The van der Waals surface area contributed by atoms with Gasteiger partial charge in [-0.15, -0.1) is 23.2 Å². The van der Waals surface area contributed by atoms with E-state index in [2.05, 4.69) is 6.42 Å². The topological polar surface area (TPSA) is 26.3 Å². The zero-order chi connectivity index (χ0) is 20.8. The molecule has 2 fully saturated rings. The number of unbranched alkanes of at least 4 members (excludes halogenated alkanes) is 11. The molecule has 2 bridgehead atoms. The number of fused-ring (bicyclic) bond motifs is 2. The van der Waals surface area contributed by atoms with E-state index < -0.39 is 4.33 Å². The SMILES string of the molecule is O=[C]CCCCCC(Cl)(Cl)CCCCCCCCCCCOC1CC2[CH]CC1C2. The Labute approximate surface area is 189 Å². The molecule has 2 saturated carbocycles. The average Bonchev–Trinajstić information content (AvgIpc) is 3.32. The minimum absolute atomic E-state index is 0.533. The van der Waals surface area contributed by atoms with Crippen LogP contribution in [0.2, 0.25) is 0 Å². The van der Waals surface area contributed by atoms with Crippen LogP contribution in [0.15, 0.2) is 0 Å². The first kappa shape index (κ1) is 25.5. The second kappa shape index (κ2) is 15.1. The first-order chi connectivity index (χ1) is 14.1. The molecule has 0 aromatic heterocycles. The summed E-state index contributed by atoms with van der Waals surface area (Å²) in [5.41, 5.74) is 0. The van der Waals surface area contributed by atoms with Crippen molar-refractivity contribution >= 4 is 29.5 Å². The Bertz CT molecular complexity index is 427. The highest BCUT2D eigenvalue weighted by molar-refractivity contribution is 6.48. The Balaban J connectivity index is 1.29. The predicted octanol–water partition coefficient (Wildman–Crippen LogP) is 8.14. The van der Waals surface area contributed by atoms with Crippen LogP contribution in [0.3, 0.4) is 0 Å². The molecule has 2 rings (SSSR count). The van der Waals surface area contributed by atoms with Crippen LogP contribution >= 0.6 is 23.2 Å². The van der Waals surface area contributed by atoms with Crippen molar-refractivity contribution in [1.82, 2.24) is 0 Å². The van der Waals surface area contributed by atoms with Crippen molar-refractivity contribution in [2.45, 2.75) is 126 Å². The molecule has 3 atom stereocenters. The lowest BCUT2D eigenvalue weighted by Gasteiger charge is -2.21. The van der Waals surface area contributed by atoms with E-state index in [0.717, 1.165) is 57.0 Å². The minimum Gasteiger partial charge on any atom is -0.378 e. The molecular formula is C25H42Cl2O2. The molecule has 0 aromatic rings. The van der Waals surface area contributed by atoms with Crippen LogP contribution in [-0.2, 0) is 9.53 Å². The molecule has 29 heavy (non-hydrogen) atoms. The second-order valence-corrected chi connectivity index (χ2v) is 11.0. The molecular weight excluding hydrogens is 403 g/mol. The fourth-order valence-electron chi connectivity index (χ4n) is 4.98. The highest BCUT2D eigenvalue weighted by atomic mass is 35.5. The molecule has 0 saturated heterocycles. The Morgan fingerprint density at radius 2 is 1.41 bits per heavy atom. The summed E-state index contributed by atoms with van der Waals surface area (Å²) in [7, 11) is 0. The second-order valence-electron chi connectivity index (χ2n) is 9.37. The number of ether oxygens (including phenoxy) is 1. The molecule has 0 aliphatic heterocycles. The maximum Gasteiger partial charge on any atom is 0.198 e. The lowest BCUT2D eigenvalue weighted by molar-refractivity contribution is 0.0198. The van der Waals surface area contributed by atoms with Crippen molar-refractivity contribution in [3.8, 4) is 0 Å². The molecule has 0 N–H and O–H groups in total. The smallest absolute Gasteiger partial charge is 0.198 e. The summed E-state index contributed by atoms with van der Waals surface area (Å²) >= 11 is 12.8. The highest BCUT2D eigenvalue weighted by Gasteiger charge is 2.40. The van der Waals surface area contributed by atoms with Crippen LogP contribution in [0.1, 0.15) is 116 Å². The van der Waals surface area contributed by atoms with E-state index in [9.17, 15) is 4.79 Å². The van der Waals surface area contributed by atoms with Gasteiger partial charge < -0.3 is 4.74 Å². The fourth-order valence-corrected chi connectivity index (χ4v) is 5.51. The quantitative estimate of drug-likeness (QED) is 0.148. The predicted molar refractivity (Wildman–Crippen MR) is 124 cm³/mol. The molecule has 2 aliphatic carbocycles. The zero-order valence-corrected chi connectivity index (χ0v) is 19.8. The van der Waals surface area contributed by atoms with Crippen molar-refractivity contribution in [1.29, 1.82) is 0 Å². The first-order valence-electron chi connectivity index (χ1n) is 12.3. The summed E-state index contributed by atoms with van der Waals surface area (Å²) in [4.78, 5) is 10.2. The van der Waals surface area contributed by atoms with Crippen molar-refractivity contribution < 1.29 is 9.53 Å². The Hall–Kier alpha value is 0.210. The fraction of sp³-hybridized carbons (Fsp3) is 0.920. The van der Waals surface area contributed by atoms with Gasteiger partial charge in [-0.1, -0.05) is 64.2 Å². The summed E-state index contributed by atoms with van der Waals surface area (Å²) in [5.74, 6) is 1.71. The van der Waals surface area contributed by atoms with Gasteiger partial charge in [0.05, 0.1) is 6.10 Å². The maximum atomic E-state index is 10.2. The molecule has 0 aromatic carbocycles. The number of hydrogen-bond acceptors (Lipinski definition) is 2.